The van der Waals surface area contributed by atoms with Crippen molar-refractivity contribution >= 4 is 5.69 Å². The highest BCUT2D eigenvalue weighted by atomic mass is 16.6. The van der Waals surface area contributed by atoms with Crippen molar-refractivity contribution in [3.05, 3.63) is 29.8 Å². The molecule has 0 aliphatic heterocycles. The van der Waals surface area contributed by atoms with E-state index >= 15 is 0 Å². The molecule has 0 atom stereocenters. The zero-order valence-corrected chi connectivity index (χ0v) is 7.63. The van der Waals surface area contributed by atoms with Crippen molar-refractivity contribution in [2.24, 2.45) is 0 Å². The third kappa shape index (κ3) is 2.24. The molecule has 66 valence electrons. The van der Waals surface area contributed by atoms with Gasteiger partial charge in [0.1, 0.15) is 0 Å². The Morgan fingerprint density at radius 2 is 2.08 bits per heavy atom. The molecule has 0 aliphatic rings. The van der Waals surface area contributed by atoms with Crippen molar-refractivity contribution in [1.29, 1.82) is 0 Å². The number of hydrogen-bond acceptors (Lipinski definition) is 2. The lowest BCUT2D eigenvalue weighted by atomic mass is 10.1. The van der Waals surface area contributed by atoms with E-state index in [2.05, 4.69) is 18.5 Å². The van der Waals surface area contributed by atoms with Crippen molar-refractivity contribution in [1.82, 2.24) is 0 Å². The fourth-order valence-corrected chi connectivity index (χ4v) is 1.22. The molecule has 0 bridgehead atoms. The van der Waals surface area contributed by atoms with Crippen LogP contribution in [0.1, 0.15) is 18.9 Å². The van der Waals surface area contributed by atoms with E-state index in [1.54, 1.807) is 7.11 Å². The van der Waals surface area contributed by atoms with E-state index in [0.29, 0.717) is 0 Å². The molecular formula is C10H15NO. The summed E-state index contributed by atoms with van der Waals surface area (Å²) in [6.45, 7) is 2.17. The predicted octanol–water partition coefficient (Wildman–Crippen LogP) is 2.61. The summed E-state index contributed by atoms with van der Waals surface area (Å²) < 4.78 is 0. The van der Waals surface area contributed by atoms with Gasteiger partial charge in [0.2, 0.25) is 0 Å². The molecule has 1 aromatic rings. The Hall–Kier alpha value is -1.02. The Balaban J connectivity index is 2.77. The third-order valence-corrected chi connectivity index (χ3v) is 1.75. The minimum Gasteiger partial charge on any atom is -0.279 e. The second kappa shape index (κ2) is 4.78. The van der Waals surface area contributed by atoms with Crippen LogP contribution >= 0.6 is 0 Å². The molecule has 0 radical (unpaired) electrons. The Labute approximate surface area is 73.5 Å². The molecule has 0 aromatic heterocycles. The van der Waals surface area contributed by atoms with Gasteiger partial charge in [0.25, 0.3) is 0 Å². The van der Waals surface area contributed by atoms with E-state index in [4.69, 9.17) is 4.84 Å². The number of aryl methyl sites for hydroxylation is 1. The maximum atomic E-state index is 4.86. The molecule has 2 nitrogen and oxygen atoms in total. The minimum atomic E-state index is 1.07. The summed E-state index contributed by atoms with van der Waals surface area (Å²) in [5, 5.41) is 0. The van der Waals surface area contributed by atoms with Gasteiger partial charge in [0.05, 0.1) is 12.8 Å². The van der Waals surface area contributed by atoms with Crippen LogP contribution in [0.3, 0.4) is 0 Å². The normalized spacial score (nSPS) is 9.83. The first-order valence-corrected chi connectivity index (χ1v) is 4.25. The van der Waals surface area contributed by atoms with Crippen LogP contribution in [0.25, 0.3) is 0 Å². The summed E-state index contributed by atoms with van der Waals surface area (Å²) in [6.07, 6.45) is 2.24. The van der Waals surface area contributed by atoms with E-state index < -0.39 is 0 Å². The first-order valence-electron chi connectivity index (χ1n) is 4.25. The minimum absolute atomic E-state index is 1.07. The highest BCUT2D eigenvalue weighted by Crippen LogP contribution is 2.16. The number of hydrogen-bond donors (Lipinski definition) is 1. The second-order valence-electron chi connectivity index (χ2n) is 2.71. The van der Waals surface area contributed by atoms with Gasteiger partial charge in [-0.2, -0.15) is 0 Å². The molecule has 0 amide bonds. The molecule has 2 heteroatoms. The summed E-state index contributed by atoms with van der Waals surface area (Å²) >= 11 is 0. The van der Waals surface area contributed by atoms with Crippen LogP contribution in [0.2, 0.25) is 0 Å². The van der Waals surface area contributed by atoms with Gasteiger partial charge in [-0.25, -0.2) is 0 Å². The molecule has 1 N–H and O–H groups in total. The standard InChI is InChI=1S/C10H15NO/c1-3-6-9-7-4-5-8-10(9)11-12-2/h4-5,7-8,11H,3,6H2,1-2H3. The zero-order valence-electron chi connectivity index (χ0n) is 7.63. The van der Waals surface area contributed by atoms with Gasteiger partial charge in [0, 0.05) is 0 Å². The van der Waals surface area contributed by atoms with E-state index in [1.165, 1.54) is 5.56 Å². The summed E-state index contributed by atoms with van der Waals surface area (Å²) in [6, 6.07) is 8.19. The van der Waals surface area contributed by atoms with Crippen LogP contribution < -0.4 is 5.48 Å². The monoisotopic (exact) mass is 165 g/mol. The molecule has 1 rings (SSSR count). The Bertz CT molecular complexity index is 210. The van der Waals surface area contributed by atoms with Crippen LogP contribution in [0.5, 0.6) is 0 Å². The van der Waals surface area contributed by atoms with E-state index in [9.17, 15) is 0 Å². The van der Waals surface area contributed by atoms with Crippen molar-refractivity contribution < 1.29 is 4.84 Å². The zero-order chi connectivity index (χ0) is 8.81. The van der Waals surface area contributed by atoms with Crippen molar-refractivity contribution in [2.75, 3.05) is 12.6 Å². The highest BCUT2D eigenvalue weighted by Gasteiger charge is 1.97. The third-order valence-electron chi connectivity index (χ3n) is 1.75. The number of nitrogens with one attached hydrogen (secondary N) is 1. The Morgan fingerprint density at radius 3 is 2.75 bits per heavy atom. The maximum Gasteiger partial charge on any atom is 0.0636 e. The number of benzene rings is 1. The molecule has 0 aliphatic carbocycles. The lowest BCUT2D eigenvalue weighted by Gasteiger charge is -2.08. The van der Waals surface area contributed by atoms with Gasteiger partial charge < -0.3 is 0 Å². The van der Waals surface area contributed by atoms with E-state index in [0.717, 1.165) is 18.5 Å². The van der Waals surface area contributed by atoms with Crippen LogP contribution in [0, 0.1) is 0 Å². The van der Waals surface area contributed by atoms with Crippen LogP contribution in [0.15, 0.2) is 24.3 Å². The Kier molecular flexibility index (Phi) is 3.61. The van der Waals surface area contributed by atoms with Crippen molar-refractivity contribution in [2.45, 2.75) is 19.8 Å². The van der Waals surface area contributed by atoms with Gasteiger partial charge >= 0.3 is 0 Å². The smallest absolute Gasteiger partial charge is 0.0636 e. The van der Waals surface area contributed by atoms with Crippen molar-refractivity contribution in [3.8, 4) is 0 Å². The highest BCUT2D eigenvalue weighted by molar-refractivity contribution is 5.49. The fourth-order valence-electron chi connectivity index (χ4n) is 1.22. The SMILES string of the molecule is CCCc1ccccc1NOC. The average molecular weight is 165 g/mol. The van der Waals surface area contributed by atoms with E-state index in [1.807, 2.05) is 18.2 Å². The molecule has 0 heterocycles. The predicted molar refractivity (Wildman–Crippen MR) is 51.1 cm³/mol. The summed E-state index contributed by atoms with van der Waals surface area (Å²) in [5.41, 5.74) is 5.24. The molecule has 0 saturated heterocycles. The molecule has 0 saturated carbocycles. The lowest BCUT2D eigenvalue weighted by molar-refractivity contribution is 0.270. The van der Waals surface area contributed by atoms with Gasteiger partial charge in [-0.3, -0.25) is 10.3 Å². The molecule has 0 fully saturated rings. The Morgan fingerprint density at radius 1 is 1.33 bits per heavy atom. The largest absolute Gasteiger partial charge is 0.279 e. The first-order chi connectivity index (χ1) is 5.88. The first kappa shape index (κ1) is 9.07. The summed E-state index contributed by atoms with van der Waals surface area (Å²) in [4.78, 5) is 4.86. The molecule has 0 unspecified atom stereocenters. The second-order valence-corrected chi connectivity index (χ2v) is 2.71. The van der Waals surface area contributed by atoms with Crippen LogP contribution in [-0.4, -0.2) is 7.11 Å². The van der Waals surface area contributed by atoms with Crippen LogP contribution in [-0.2, 0) is 11.3 Å². The molecule has 12 heavy (non-hydrogen) atoms. The molecule has 0 spiro atoms. The van der Waals surface area contributed by atoms with Gasteiger partial charge in [-0.05, 0) is 18.1 Å². The van der Waals surface area contributed by atoms with Gasteiger partial charge in [-0.15, -0.1) is 0 Å². The number of anilines is 1. The summed E-state index contributed by atoms with van der Waals surface area (Å²) in [7, 11) is 1.63. The number of rotatable bonds is 4. The molecular weight excluding hydrogens is 150 g/mol. The average Bonchev–Trinajstić information content (AvgIpc) is 2.09. The fraction of sp³-hybridized carbons (Fsp3) is 0.400. The molecule has 1 aromatic carbocycles. The number of para-hydroxylation sites is 1. The topological polar surface area (TPSA) is 21.3 Å². The van der Waals surface area contributed by atoms with Crippen LogP contribution in [0.4, 0.5) is 5.69 Å². The van der Waals surface area contributed by atoms with Crippen molar-refractivity contribution in [3.63, 3.8) is 0 Å². The van der Waals surface area contributed by atoms with Gasteiger partial charge in [-0.1, -0.05) is 31.5 Å². The quantitative estimate of drug-likeness (QED) is 0.692. The lowest BCUT2D eigenvalue weighted by Crippen LogP contribution is -1.99. The maximum absolute atomic E-state index is 4.86. The van der Waals surface area contributed by atoms with Gasteiger partial charge in [0.15, 0.2) is 0 Å². The van der Waals surface area contributed by atoms with E-state index in [-0.39, 0.29) is 0 Å². The summed E-state index contributed by atoms with van der Waals surface area (Å²) in [5.74, 6) is 0.